The van der Waals surface area contributed by atoms with Gasteiger partial charge in [0.1, 0.15) is 16.8 Å². The third kappa shape index (κ3) is 4.01. The lowest BCUT2D eigenvalue weighted by Gasteiger charge is -2.14. The zero-order valence-electron chi connectivity index (χ0n) is 19.2. The van der Waals surface area contributed by atoms with E-state index in [2.05, 4.69) is 4.98 Å². The van der Waals surface area contributed by atoms with Crippen molar-refractivity contribution in [2.45, 2.75) is 10.9 Å². The Morgan fingerprint density at radius 3 is 2.63 bits per heavy atom. The summed E-state index contributed by atoms with van der Waals surface area (Å²) in [4.78, 5) is 33.5. The number of carbonyl (C=O) groups excluding carboxylic acids is 1. The molecule has 0 unspecified atom stereocenters. The van der Waals surface area contributed by atoms with Gasteiger partial charge in [-0.2, -0.15) is 0 Å². The lowest BCUT2D eigenvalue weighted by molar-refractivity contribution is 0.0563. The highest BCUT2D eigenvalue weighted by atomic mass is 32.2. The average molecular weight is 492 g/mol. The van der Waals surface area contributed by atoms with Gasteiger partial charge in [-0.1, -0.05) is 30.0 Å². The van der Waals surface area contributed by atoms with Crippen LogP contribution in [0.15, 0.2) is 69.0 Å². The molecule has 0 aliphatic heterocycles. The van der Waals surface area contributed by atoms with Gasteiger partial charge >= 0.3 is 5.97 Å². The number of carbonyl (C=O) groups is 1. The SMILES string of the molecule is COC(=O)c1ccc(CSc2nc3c([nH]c4ccccc43)c(=O)n2-c2ccc(OC)c(OC)c2)o1. The number of hydrogen-bond donors (Lipinski definition) is 1. The number of rotatable bonds is 7. The number of fused-ring (bicyclic) bond motifs is 3. The quantitative estimate of drug-likeness (QED) is 0.201. The van der Waals surface area contributed by atoms with E-state index < -0.39 is 5.97 Å². The predicted octanol–water partition coefficient (Wildman–Crippen LogP) is 4.56. The van der Waals surface area contributed by atoms with E-state index in [0.29, 0.717) is 44.9 Å². The Balaban J connectivity index is 1.65. The number of esters is 1. The molecule has 0 bridgehead atoms. The van der Waals surface area contributed by atoms with E-state index >= 15 is 0 Å². The fourth-order valence-corrected chi connectivity index (χ4v) is 4.73. The molecule has 0 aliphatic carbocycles. The highest BCUT2D eigenvalue weighted by Gasteiger charge is 2.19. The molecule has 0 saturated heterocycles. The summed E-state index contributed by atoms with van der Waals surface area (Å²) in [6, 6.07) is 16.1. The smallest absolute Gasteiger partial charge is 0.373 e. The first-order valence-electron chi connectivity index (χ1n) is 10.6. The maximum absolute atomic E-state index is 13.7. The van der Waals surface area contributed by atoms with E-state index in [1.165, 1.54) is 30.5 Å². The summed E-state index contributed by atoms with van der Waals surface area (Å²) in [5.41, 5.74) is 2.12. The van der Waals surface area contributed by atoms with Crippen LogP contribution in [0.3, 0.4) is 0 Å². The molecule has 5 rings (SSSR count). The van der Waals surface area contributed by atoms with E-state index in [4.69, 9.17) is 23.6 Å². The molecule has 3 heterocycles. The first-order valence-corrected chi connectivity index (χ1v) is 11.6. The molecule has 0 fully saturated rings. The van der Waals surface area contributed by atoms with Crippen molar-refractivity contribution in [3.8, 4) is 17.2 Å². The number of nitrogens with one attached hydrogen (secondary N) is 1. The van der Waals surface area contributed by atoms with Crippen LogP contribution in [-0.2, 0) is 10.5 Å². The first-order chi connectivity index (χ1) is 17.0. The topological polar surface area (TPSA) is 109 Å². The van der Waals surface area contributed by atoms with E-state index in [1.807, 2.05) is 24.3 Å². The van der Waals surface area contributed by atoms with Gasteiger partial charge in [-0.3, -0.25) is 9.36 Å². The molecule has 0 saturated carbocycles. The van der Waals surface area contributed by atoms with E-state index in [9.17, 15) is 9.59 Å². The Bertz CT molecular complexity index is 1620. The monoisotopic (exact) mass is 491 g/mol. The highest BCUT2D eigenvalue weighted by molar-refractivity contribution is 7.98. The van der Waals surface area contributed by atoms with Gasteiger partial charge in [-0.25, -0.2) is 9.78 Å². The molecule has 5 aromatic rings. The van der Waals surface area contributed by atoms with Crippen LogP contribution >= 0.6 is 11.8 Å². The number of furan rings is 1. The van der Waals surface area contributed by atoms with Crippen LogP contribution in [0.4, 0.5) is 0 Å². The standard InChI is InChI=1S/C25H21N3O6S/c1-31-18-10-8-14(12-20(18)32-2)28-23(29)22-21(16-6-4-5-7-17(16)26-22)27-25(28)35-13-15-9-11-19(34-15)24(30)33-3/h4-12,26H,13H2,1-3H3. The van der Waals surface area contributed by atoms with Gasteiger partial charge in [-0.05, 0) is 30.3 Å². The summed E-state index contributed by atoms with van der Waals surface area (Å²) < 4.78 is 22.6. The van der Waals surface area contributed by atoms with Crippen molar-refractivity contribution in [3.63, 3.8) is 0 Å². The van der Waals surface area contributed by atoms with Crippen LogP contribution in [-0.4, -0.2) is 41.8 Å². The van der Waals surface area contributed by atoms with Crippen LogP contribution in [0.25, 0.3) is 27.6 Å². The van der Waals surface area contributed by atoms with Crippen molar-refractivity contribution < 1.29 is 23.4 Å². The number of nitrogens with zero attached hydrogens (tertiary/aromatic N) is 2. The second-order valence-electron chi connectivity index (χ2n) is 7.51. The van der Waals surface area contributed by atoms with Crippen molar-refractivity contribution in [2.75, 3.05) is 21.3 Å². The first kappa shape index (κ1) is 22.6. The number of thioether (sulfide) groups is 1. The highest BCUT2D eigenvalue weighted by Crippen LogP contribution is 2.32. The summed E-state index contributed by atoms with van der Waals surface area (Å²) in [6.45, 7) is 0. The Labute approximate surface area is 203 Å². The Morgan fingerprint density at radius 1 is 1.06 bits per heavy atom. The summed E-state index contributed by atoms with van der Waals surface area (Å²) in [5.74, 6) is 1.47. The van der Waals surface area contributed by atoms with E-state index in [1.54, 1.807) is 37.4 Å². The van der Waals surface area contributed by atoms with Gasteiger partial charge in [0.15, 0.2) is 16.7 Å². The number of aromatic nitrogens is 3. The molecule has 1 N–H and O–H groups in total. The van der Waals surface area contributed by atoms with Crippen molar-refractivity contribution in [1.82, 2.24) is 14.5 Å². The van der Waals surface area contributed by atoms with Gasteiger partial charge in [0.05, 0.1) is 32.8 Å². The number of benzene rings is 2. The number of ether oxygens (including phenoxy) is 3. The number of H-pyrrole nitrogens is 1. The Kier molecular flexibility index (Phi) is 5.96. The minimum Gasteiger partial charge on any atom is -0.493 e. The predicted molar refractivity (Wildman–Crippen MR) is 132 cm³/mol. The lowest BCUT2D eigenvalue weighted by atomic mass is 10.2. The summed E-state index contributed by atoms with van der Waals surface area (Å²) in [7, 11) is 4.38. The van der Waals surface area contributed by atoms with Gasteiger partial charge in [0, 0.05) is 17.0 Å². The maximum atomic E-state index is 13.7. The van der Waals surface area contributed by atoms with Crippen LogP contribution in [0.2, 0.25) is 0 Å². The van der Waals surface area contributed by atoms with Crippen molar-refractivity contribution in [3.05, 3.63) is 76.5 Å². The molecule has 2 aromatic carbocycles. The zero-order valence-corrected chi connectivity index (χ0v) is 20.0. The minimum atomic E-state index is -0.554. The molecule has 0 aliphatic rings. The third-order valence-corrected chi connectivity index (χ3v) is 6.47. The second kappa shape index (κ2) is 9.22. The largest absolute Gasteiger partial charge is 0.493 e. The van der Waals surface area contributed by atoms with E-state index in [0.717, 1.165) is 10.9 Å². The lowest BCUT2D eigenvalue weighted by Crippen LogP contribution is -2.22. The number of hydrogen-bond acceptors (Lipinski definition) is 8. The number of para-hydroxylation sites is 1. The molecule has 178 valence electrons. The molecule has 35 heavy (non-hydrogen) atoms. The molecule has 9 nitrogen and oxygen atoms in total. The van der Waals surface area contributed by atoms with Crippen molar-refractivity contribution in [2.24, 2.45) is 0 Å². The van der Waals surface area contributed by atoms with Crippen LogP contribution < -0.4 is 15.0 Å². The fraction of sp³-hybridized carbons (Fsp3) is 0.160. The molecule has 0 spiro atoms. The van der Waals surface area contributed by atoms with Gasteiger partial charge in [-0.15, -0.1) is 0 Å². The summed E-state index contributed by atoms with van der Waals surface area (Å²) >= 11 is 1.31. The summed E-state index contributed by atoms with van der Waals surface area (Å²) in [5, 5.41) is 1.31. The normalized spacial score (nSPS) is 11.2. The van der Waals surface area contributed by atoms with Gasteiger partial charge in [0.2, 0.25) is 5.76 Å². The second-order valence-corrected chi connectivity index (χ2v) is 8.46. The molecule has 0 amide bonds. The number of aromatic amines is 1. The molecular weight excluding hydrogens is 470 g/mol. The molecule has 0 radical (unpaired) electrons. The maximum Gasteiger partial charge on any atom is 0.373 e. The fourth-order valence-electron chi connectivity index (χ4n) is 3.83. The van der Waals surface area contributed by atoms with Crippen molar-refractivity contribution >= 4 is 39.7 Å². The Morgan fingerprint density at radius 2 is 1.86 bits per heavy atom. The number of methoxy groups -OCH3 is 3. The minimum absolute atomic E-state index is 0.112. The average Bonchev–Trinajstić information content (AvgIpc) is 3.52. The van der Waals surface area contributed by atoms with Crippen LogP contribution in [0.5, 0.6) is 11.5 Å². The van der Waals surface area contributed by atoms with Crippen LogP contribution in [0.1, 0.15) is 16.3 Å². The van der Waals surface area contributed by atoms with Crippen molar-refractivity contribution in [1.29, 1.82) is 0 Å². The summed E-state index contributed by atoms with van der Waals surface area (Å²) in [6.07, 6.45) is 0. The third-order valence-electron chi connectivity index (χ3n) is 5.51. The van der Waals surface area contributed by atoms with E-state index in [-0.39, 0.29) is 11.3 Å². The molecule has 10 heteroatoms. The Hall–Kier alpha value is -4.18. The van der Waals surface area contributed by atoms with Gasteiger partial charge < -0.3 is 23.6 Å². The van der Waals surface area contributed by atoms with Crippen LogP contribution in [0, 0.1) is 0 Å². The van der Waals surface area contributed by atoms with Gasteiger partial charge in [0.25, 0.3) is 5.56 Å². The zero-order chi connectivity index (χ0) is 24.5. The molecule has 3 aromatic heterocycles. The molecular formula is C25H21N3O6S. The molecule has 0 atom stereocenters.